The first kappa shape index (κ1) is 24.5. The number of ether oxygens (including phenoxy) is 1. The number of amides is 4. The predicted octanol–water partition coefficient (Wildman–Crippen LogP) is 2.26. The molecule has 2 fully saturated rings. The maximum atomic E-state index is 13.3. The van der Waals surface area contributed by atoms with E-state index in [1.807, 2.05) is 0 Å². The fourth-order valence-electron chi connectivity index (χ4n) is 3.61. The van der Waals surface area contributed by atoms with Crippen molar-refractivity contribution >= 4 is 24.0 Å². The summed E-state index contributed by atoms with van der Waals surface area (Å²) in [5.74, 6) is -1.99. The van der Waals surface area contributed by atoms with Crippen molar-refractivity contribution in [2.75, 3.05) is 6.54 Å². The van der Waals surface area contributed by atoms with Crippen LogP contribution in [0.4, 0.5) is 9.59 Å². The van der Waals surface area contributed by atoms with E-state index in [1.54, 1.807) is 41.5 Å². The molecule has 3 N–H and O–H groups in total. The van der Waals surface area contributed by atoms with Gasteiger partial charge in [0.15, 0.2) is 0 Å². The van der Waals surface area contributed by atoms with Crippen molar-refractivity contribution in [2.24, 2.45) is 5.92 Å². The highest BCUT2D eigenvalue weighted by molar-refractivity contribution is 5.94. The molecule has 0 spiro atoms. The first-order valence-electron chi connectivity index (χ1n) is 10.4. The van der Waals surface area contributed by atoms with Crippen LogP contribution in [0.25, 0.3) is 0 Å². The number of nitrogens with zero attached hydrogens (tertiary/aromatic N) is 2. The lowest BCUT2D eigenvalue weighted by Crippen LogP contribution is -2.62. The van der Waals surface area contributed by atoms with Crippen molar-refractivity contribution in [3.63, 3.8) is 0 Å². The lowest BCUT2D eigenvalue weighted by molar-refractivity contribution is -0.144. The fourth-order valence-corrected chi connectivity index (χ4v) is 3.61. The second kappa shape index (κ2) is 8.39. The van der Waals surface area contributed by atoms with Crippen molar-refractivity contribution < 1.29 is 29.0 Å². The van der Waals surface area contributed by atoms with Gasteiger partial charge in [0.1, 0.15) is 17.2 Å². The van der Waals surface area contributed by atoms with Crippen LogP contribution in [-0.4, -0.2) is 68.3 Å². The lowest BCUT2D eigenvalue weighted by atomic mass is 10.1. The number of aliphatic carboxylic acids is 1. The zero-order valence-corrected chi connectivity index (χ0v) is 19.2. The molecule has 1 heterocycles. The molecule has 3 atom stereocenters. The molecule has 2 rings (SSSR count). The van der Waals surface area contributed by atoms with E-state index in [0.717, 1.165) is 5.01 Å². The summed E-state index contributed by atoms with van der Waals surface area (Å²) in [7, 11) is 0. The van der Waals surface area contributed by atoms with Crippen LogP contribution in [0.5, 0.6) is 0 Å². The van der Waals surface area contributed by atoms with Crippen molar-refractivity contribution in [3.8, 4) is 0 Å². The molecule has 10 nitrogen and oxygen atoms in total. The molecule has 4 amide bonds. The number of hydrogen-bond donors (Lipinski definition) is 3. The van der Waals surface area contributed by atoms with Crippen molar-refractivity contribution in [1.29, 1.82) is 0 Å². The Labute approximate surface area is 182 Å². The minimum Gasteiger partial charge on any atom is -0.479 e. The standard InChI is InChI=1S/C21H34N4O6/c1-8-13-12-21(13,16(27)28)22-15(26)14-10-9-11-24(14)18(30)25(19(2,3)4)23-17(29)31-20(5,6)7/h8,13-14H,1,9-12H2,2-7H3,(H,22,26)(H,23,29)(H,27,28)/t13?,14?,21-/m1/s1. The summed E-state index contributed by atoms with van der Waals surface area (Å²) in [5.41, 5.74) is -0.427. The maximum absolute atomic E-state index is 13.3. The van der Waals surface area contributed by atoms with E-state index in [9.17, 15) is 24.3 Å². The van der Waals surface area contributed by atoms with Gasteiger partial charge >= 0.3 is 18.1 Å². The van der Waals surface area contributed by atoms with Gasteiger partial charge in [-0.3, -0.25) is 4.79 Å². The molecule has 0 aromatic rings. The fraction of sp³-hybridized carbons (Fsp3) is 0.714. The zero-order chi connectivity index (χ0) is 23.8. The summed E-state index contributed by atoms with van der Waals surface area (Å²) in [4.78, 5) is 51.6. The minimum absolute atomic E-state index is 0.270. The number of hydrogen-bond acceptors (Lipinski definition) is 5. The van der Waals surface area contributed by atoms with E-state index in [-0.39, 0.29) is 12.3 Å². The summed E-state index contributed by atoms with van der Waals surface area (Å²) in [5, 5.41) is 13.3. The van der Waals surface area contributed by atoms with Gasteiger partial charge in [0.2, 0.25) is 5.91 Å². The molecule has 0 radical (unpaired) electrons. The van der Waals surface area contributed by atoms with Gasteiger partial charge in [-0.15, -0.1) is 6.58 Å². The number of hydrazine groups is 1. The maximum Gasteiger partial charge on any atom is 0.426 e. The number of urea groups is 1. The third-order valence-electron chi connectivity index (χ3n) is 5.29. The molecule has 1 aliphatic carbocycles. The van der Waals surface area contributed by atoms with E-state index < -0.39 is 46.7 Å². The van der Waals surface area contributed by atoms with E-state index in [4.69, 9.17) is 4.74 Å². The molecule has 0 aromatic carbocycles. The molecule has 2 aliphatic rings. The quantitative estimate of drug-likeness (QED) is 0.456. The van der Waals surface area contributed by atoms with Gasteiger partial charge in [-0.25, -0.2) is 24.8 Å². The second-order valence-electron chi connectivity index (χ2n) is 10.1. The molecule has 1 saturated carbocycles. The number of carboxylic acid groups (broad SMARTS) is 1. The molecule has 31 heavy (non-hydrogen) atoms. The van der Waals surface area contributed by atoms with E-state index in [2.05, 4.69) is 17.3 Å². The Hall–Kier alpha value is -2.78. The van der Waals surface area contributed by atoms with E-state index in [0.29, 0.717) is 19.4 Å². The third-order valence-corrected chi connectivity index (χ3v) is 5.29. The Kier molecular flexibility index (Phi) is 6.63. The van der Waals surface area contributed by atoms with Crippen LogP contribution in [0.3, 0.4) is 0 Å². The van der Waals surface area contributed by atoms with Gasteiger partial charge in [-0.2, -0.15) is 0 Å². The van der Waals surface area contributed by atoms with Crippen molar-refractivity contribution in [2.45, 2.75) is 83.5 Å². The Balaban J connectivity index is 2.17. The van der Waals surface area contributed by atoms with Gasteiger partial charge in [0, 0.05) is 12.5 Å². The Morgan fingerprint density at radius 1 is 1.19 bits per heavy atom. The van der Waals surface area contributed by atoms with Crippen molar-refractivity contribution in [3.05, 3.63) is 12.7 Å². The highest BCUT2D eigenvalue weighted by Gasteiger charge is 2.61. The number of nitrogens with one attached hydrogen (secondary N) is 2. The summed E-state index contributed by atoms with van der Waals surface area (Å²) < 4.78 is 5.26. The van der Waals surface area contributed by atoms with Gasteiger partial charge in [0.25, 0.3) is 0 Å². The molecule has 1 saturated heterocycles. The molecule has 10 heteroatoms. The normalized spacial score (nSPS) is 25.4. The van der Waals surface area contributed by atoms with Crippen LogP contribution in [0.15, 0.2) is 12.7 Å². The van der Waals surface area contributed by atoms with Gasteiger partial charge in [-0.05, 0) is 60.8 Å². The number of likely N-dealkylation sites (tertiary alicyclic amines) is 1. The molecule has 1 aliphatic heterocycles. The molecule has 0 bridgehead atoms. The monoisotopic (exact) mass is 438 g/mol. The smallest absolute Gasteiger partial charge is 0.426 e. The minimum atomic E-state index is -1.37. The van der Waals surface area contributed by atoms with Crippen LogP contribution >= 0.6 is 0 Å². The summed E-state index contributed by atoms with van der Waals surface area (Å²) >= 11 is 0. The zero-order valence-electron chi connectivity index (χ0n) is 19.2. The average Bonchev–Trinajstić information content (AvgIpc) is 3.10. The molecule has 2 unspecified atom stereocenters. The number of carbonyl (C=O) groups excluding carboxylic acids is 3. The highest BCUT2D eigenvalue weighted by atomic mass is 16.6. The number of carboxylic acids is 1. The van der Waals surface area contributed by atoms with Crippen LogP contribution in [-0.2, 0) is 14.3 Å². The molecular weight excluding hydrogens is 404 g/mol. The lowest BCUT2D eigenvalue weighted by Gasteiger charge is -2.39. The van der Waals surface area contributed by atoms with Crippen LogP contribution < -0.4 is 10.7 Å². The van der Waals surface area contributed by atoms with Crippen LogP contribution in [0.2, 0.25) is 0 Å². The van der Waals surface area contributed by atoms with Gasteiger partial charge in [-0.1, -0.05) is 6.08 Å². The third kappa shape index (κ3) is 5.48. The van der Waals surface area contributed by atoms with Crippen LogP contribution in [0, 0.1) is 5.92 Å². The van der Waals surface area contributed by atoms with E-state index >= 15 is 0 Å². The number of rotatable bonds is 4. The van der Waals surface area contributed by atoms with E-state index in [1.165, 1.54) is 11.0 Å². The topological polar surface area (TPSA) is 128 Å². The predicted molar refractivity (Wildman–Crippen MR) is 113 cm³/mol. The second-order valence-corrected chi connectivity index (χ2v) is 10.1. The molecule has 0 aromatic heterocycles. The van der Waals surface area contributed by atoms with Crippen molar-refractivity contribution in [1.82, 2.24) is 20.7 Å². The Morgan fingerprint density at radius 2 is 1.81 bits per heavy atom. The average molecular weight is 439 g/mol. The van der Waals surface area contributed by atoms with Crippen LogP contribution in [0.1, 0.15) is 60.8 Å². The van der Waals surface area contributed by atoms with Gasteiger partial charge in [0.05, 0.1) is 5.54 Å². The largest absolute Gasteiger partial charge is 0.479 e. The molecule has 174 valence electrons. The SMILES string of the molecule is C=CC1C[C@]1(NC(=O)C1CCCN1C(=O)N(NC(=O)OC(C)(C)C)C(C)(C)C)C(=O)O. The molecular formula is C21H34N4O6. The first-order valence-corrected chi connectivity index (χ1v) is 10.4. The summed E-state index contributed by atoms with van der Waals surface area (Å²) in [6.45, 7) is 14.3. The first-order chi connectivity index (χ1) is 14.1. The summed E-state index contributed by atoms with van der Waals surface area (Å²) in [6.07, 6.45) is 1.98. The summed E-state index contributed by atoms with van der Waals surface area (Å²) in [6, 6.07) is -1.39. The highest BCUT2D eigenvalue weighted by Crippen LogP contribution is 2.44. The Bertz CT molecular complexity index is 769. The number of carbonyl (C=O) groups is 4. The Morgan fingerprint density at radius 3 is 2.26 bits per heavy atom. The van der Waals surface area contributed by atoms with Gasteiger partial charge < -0.3 is 20.1 Å².